The molecule has 0 aliphatic heterocycles. The van der Waals surface area contributed by atoms with E-state index in [1.54, 1.807) is 24.3 Å². The van der Waals surface area contributed by atoms with Gasteiger partial charge in [-0.1, -0.05) is 42.5 Å². The predicted molar refractivity (Wildman–Crippen MR) is 88.8 cm³/mol. The highest BCUT2D eigenvalue weighted by Crippen LogP contribution is 2.17. The Balaban J connectivity index is 2.07. The summed E-state index contributed by atoms with van der Waals surface area (Å²) in [5.74, 6) is -1.53. The van der Waals surface area contributed by atoms with Gasteiger partial charge in [0.1, 0.15) is 12.4 Å². The molecular formula is C17H16O6S. The van der Waals surface area contributed by atoms with Crippen molar-refractivity contribution in [3.63, 3.8) is 0 Å². The Morgan fingerprint density at radius 3 is 2.25 bits per heavy atom. The summed E-state index contributed by atoms with van der Waals surface area (Å²) in [7, 11) is -3.91. The second-order valence-electron chi connectivity index (χ2n) is 4.94. The van der Waals surface area contributed by atoms with E-state index in [-0.39, 0.29) is 0 Å². The van der Waals surface area contributed by atoms with Crippen LogP contribution in [-0.4, -0.2) is 25.7 Å². The molecule has 0 spiro atoms. The monoisotopic (exact) mass is 348 g/mol. The average molecular weight is 348 g/mol. The van der Waals surface area contributed by atoms with Gasteiger partial charge in [-0.05, 0) is 29.3 Å². The highest BCUT2D eigenvalue weighted by molar-refractivity contribution is 7.86. The Hall–Kier alpha value is -2.80. The minimum absolute atomic E-state index is 0.410. The molecule has 0 amide bonds. The lowest BCUT2D eigenvalue weighted by atomic mass is 10.2. The second kappa shape index (κ2) is 7.65. The van der Waals surface area contributed by atoms with Crippen LogP contribution in [0.2, 0.25) is 0 Å². The van der Waals surface area contributed by atoms with Crippen molar-refractivity contribution in [3.05, 3.63) is 71.5 Å². The summed E-state index contributed by atoms with van der Waals surface area (Å²) in [4.78, 5) is 11.0. The molecule has 2 aromatic rings. The zero-order valence-electron chi connectivity index (χ0n) is 12.9. The number of hydrogen-bond acceptors (Lipinski definition) is 5. The van der Waals surface area contributed by atoms with Gasteiger partial charge in [0, 0.05) is 0 Å². The highest BCUT2D eigenvalue weighted by Gasteiger charge is 2.15. The molecule has 126 valence electrons. The molecule has 0 bridgehead atoms. The zero-order chi connectivity index (χ0) is 17.6. The van der Waals surface area contributed by atoms with E-state index in [0.29, 0.717) is 17.9 Å². The van der Waals surface area contributed by atoms with Gasteiger partial charge in [-0.15, -0.1) is 0 Å². The molecule has 0 aromatic heterocycles. The van der Waals surface area contributed by atoms with Crippen molar-refractivity contribution in [1.82, 2.24) is 0 Å². The van der Waals surface area contributed by atoms with Crippen molar-refractivity contribution in [2.45, 2.75) is 6.61 Å². The van der Waals surface area contributed by atoms with Gasteiger partial charge in [0.25, 0.3) is 0 Å². The zero-order valence-corrected chi connectivity index (χ0v) is 13.7. The molecule has 0 saturated carbocycles. The summed E-state index contributed by atoms with van der Waals surface area (Å²) in [5.41, 5.74) is 1.50. The van der Waals surface area contributed by atoms with Crippen LogP contribution in [-0.2, 0) is 25.7 Å². The third-order valence-corrected chi connectivity index (χ3v) is 3.36. The maximum absolute atomic E-state index is 11.1. The standard InChI is InChI=1S/C17H16O6S/c1-24(20,21)23-16(17(18)19)11-13-7-9-15(10-8-13)22-12-14-5-3-2-4-6-14/h2-11H,12H2,1H3,(H,18,19). The Kier molecular flexibility index (Phi) is 5.59. The molecule has 2 rings (SSSR count). The molecule has 24 heavy (non-hydrogen) atoms. The molecule has 0 atom stereocenters. The minimum Gasteiger partial charge on any atom is -0.489 e. The highest BCUT2D eigenvalue weighted by atomic mass is 32.2. The first-order chi connectivity index (χ1) is 11.3. The van der Waals surface area contributed by atoms with Crippen LogP contribution in [0.1, 0.15) is 11.1 Å². The molecular weight excluding hydrogens is 332 g/mol. The number of carboxylic acid groups (broad SMARTS) is 1. The van der Waals surface area contributed by atoms with Crippen molar-refractivity contribution in [3.8, 4) is 5.75 Å². The maximum atomic E-state index is 11.1. The van der Waals surface area contributed by atoms with Crippen molar-refractivity contribution in [2.24, 2.45) is 0 Å². The number of aliphatic carboxylic acids is 1. The summed E-state index contributed by atoms with van der Waals surface area (Å²) in [6.07, 6.45) is 1.91. The summed E-state index contributed by atoms with van der Waals surface area (Å²) in [5, 5.41) is 8.98. The fourth-order valence-electron chi connectivity index (χ4n) is 1.84. The lowest BCUT2D eigenvalue weighted by Gasteiger charge is -2.07. The summed E-state index contributed by atoms with van der Waals surface area (Å²) >= 11 is 0. The van der Waals surface area contributed by atoms with E-state index < -0.39 is 21.8 Å². The van der Waals surface area contributed by atoms with Gasteiger partial charge in [0.15, 0.2) is 0 Å². The fraction of sp³-hybridized carbons (Fsp3) is 0.118. The van der Waals surface area contributed by atoms with E-state index >= 15 is 0 Å². The van der Waals surface area contributed by atoms with Gasteiger partial charge < -0.3 is 14.0 Å². The summed E-state index contributed by atoms with van der Waals surface area (Å²) in [6.45, 7) is 0.410. The van der Waals surface area contributed by atoms with Gasteiger partial charge in [0.05, 0.1) is 6.26 Å². The van der Waals surface area contributed by atoms with Crippen molar-refractivity contribution < 1.29 is 27.2 Å². The van der Waals surface area contributed by atoms with Crippen LogP contribution in [0.25, 0.3) is 6.08 Å². The first-order valence-electron chi connectivity index (χ1n) is 6.95. The molecule has 1 N–H and O–H groups in total. The molecule has 6 nitrogen and oxygen atoms in total. The topological polar surface area (TPSA) is 89.9 Å². The Labute approximate surface area is 140 Å². The Morgan fingerprint density at radius 2 is 1.71 bits per heavy atom. The van der Waals surface area contributed by atoms with Crippen LogP contribution < -0.4 is 4.74 Å². The average Bonchev–Trinajstić information content (AvgIpc) is 2.53. The minimum atomic E-state index is -3.91. The number of rotatable bonds is 7. The van der Waals surface area contributed by atoms with E-state index in [0.717, 1.165) is 17.9 Å². The van der Waals surface area contributed by atoms with E-state index in [1.165, 1.54) is 0 Å². The number of carboxylic acids is 1. The molecule has 0 fully saturated rings. The van der Waals surface area contributed by atoms with Gasteiger partial charge in [-0.3, -0.25) is 0 Å². The van der Waals surface area contributed by atoms with Gasteiger partial charge in [-0.25, -0.2) is 4.79 Å². The lowest BCUT2D eigenvalue weighted by molar-refractivity contribution is -0.134. The number of benzene rings is 2. The van der Waals surface area contributed by atoms with Crippen LogP contribution in [0.4, 0.5) is 0 Å². The van der Waals surface area contributed by atoms with Crippen LogP contribution >= 0.6 is 0 Å². The normalized spacial score (nSPS) is 11.8. The van der Waals surface area contributed by atoms with Gasteiger partial charge in [0.2, 0.25) is 5.76 Å². The molecule has 0 unspecified atom stereocenters. The molecule has 0 saturated heterocycles. The van der Waals surface area contributed by atoms with Crippen LogP contribution in [0.3, 0.4) is 0 Å². The SMILES string of the molecule is CS(=O)(=O)OC(=Cc1ccc(OCc2ccccc2)cc1)C(=O)O. The quantitative estimate of drug-likeness (QED) is 0.470. The number of hydrogen-bond donors (Lipinski definition) is 1. The summed E-state index contributed by atoms with van der Waals surface area (Å²) < 4.78 is 32.2. The van der Waals surface area contributed by atoms with E-state index in [4.69, 9.17) is 9.84 Å². The predicted octanol–water partition coefficient (Wildman–Crippen LogP) is 2.67. The maximum Gasteiger partial charge on any atom is 0.372 e. The molecule has 0 radical (unpaired) electrons. The van der Waals surface area contributed by atoms with Crippen molar-refractivity contribution >= 4 is 22.2 Å². The van der Waals surface area contributed by atoms with Crippen LogP contribution in [0.15, 0.2) is 60.4 Å². The fourth-order valence-corrected chi connectivity index (χ4v) is 2.28. The van der Waals surface area contributed by atoms with Gasteiger partial charge in [-0.2, -0.15) is 8.42 Å². The molecule has 0 heterocycles. The molecule has 0 aliphatic rings. The Morgan fingerprint density at radius 1 is 1.08 bits per heavy atom. The van der Waals surface area contributed by atoms with E-state index in [2.05, 4.69) is 4.18 Å². The van der Waals surface area contributed by atoms with Crippen molar-refractivity contribution in [2.75, 3.05) is 6.26 Å². The van der Waals surface area contributed by atoms with Crippen LogP contribution in [0.5, 0.6) is 5.75 Å². The largest absolute Gasteiger partial charge is 0.489 e. The molecule has 2 aromatic carbocycles. The van der Waals surface area contributed by atoms with E-state index in [9.17, 15) is 13.2 Å². The molecule has 0 aliphatic carbocycles. The van der Waals surface area contributed by atoms with Gasteiger partial charge >= 0.3 is 16.1 Å². The van der Waals surface area contributed by atoms with E-state index in [1.807, 2.05) is 30.3 Å². The Bertz CT molecular complexity index is 823. The lowest BCUT2D eigenvalue weighted by Crippen LogP contribution is -2.10. The smallest absolute Gasteiger partial charge is 0.372 e. The molecule has 7 heteroatoms. The third-order valence-electron chi connectivity index (χ3n) is 2.88. The number of ether oxygens (including phenoxy) is 1. The number of carbonyl (C=O) groups is 1. The second-order valence-corrected chi connectivity index (χ2v) is 6.52. The first kappa shape index (κ1) is 17.6. The third kappa shape index (κ3) is 5.77. The summed E-state index contributed by atoms with van der Waals surface area (Å²) in [6, 6.07) is 16.2. The first-order valence-corrected chi connectivity index (χ1v) is 8.76. The van der Waals surface area contributed by atoms with Crippen LogP contribution in [0, 0.1) is 0 Å². The van der Waals surface area contributed by atoms with Crippen molar-refractivity contribution in [1.29, 1.82) is 0 Å².